The Morgan fingerprint density at radius 2 is 1.91 bits per heavy atom. The van der Waals surface area contributed by atoms with Gasteiger partial charge in [0.2, 0.25) is 5.82 Å². The molecule has 0 radical (unpaired) electrons. The van der Waals surface area contributed by atoms with Crippen LogP contribution in [0.2, 0.25) is 0 Å². The number of aromatic nitrogens is 6. The molecule has 0 unspecified atom stereocenters. The van der Waals surface area contributed by atoms with Gasteiger partial charge in [0.25, 0.3) is 11.9 Å². The van der Waals surface area contributed by atoms with Crippen molar-refractivity contribution in [2.24, 2.45) is 0 Å². The number of H-pyrrole nitrogens is 1. The van der Waals surface area contributed by atoms with Gasteiger partial charge in [-0.25, -0.2) is 9.36 Å². The predicted octanol–water partition coefficient (Wildman–Crippen LogP) is 0.529. The zero-order valence-electron chi connectivity index (χ0n) is 19.7. The SMILES string of the molecule is CN(C)CCn1c(=O)n(-c2n[nH]c(C(=O)Nc3cnccc3N3CCNCC3)n2)c2ccccc21. The Labute approximate surface area is 201 Å². The summed E-state index contributed by atoms with van der Waals surface area (Å²) in [7, 11) is 3.92. The topological polar surface area (TPSA) is 129 Å². The Morgan fingerprint density at radius 1 is 1.14 bits per heavy atom. The lowest BCUT2D eigenvalue weighted by Gasteiger charge is -2.30. The smallest absolute Gasteiger partial charge is 0.336 e. The number of hydrogen-bond acceptors (Lipinski definition) is 8. The summed E-state index contributed by atoms with van der Waals surface area (Å²) in [5.41, 5.74) is 2.69. The van der Waals surface area contributed by atoms with Gasteiger partial charge < -0.3 is 20.4 Å². The average Bonchev–Trinajstić information content (AvgIpc) is 3.46. The van der Waals surface area contributed by atoms with E-state index in [2.05, 4.69) is 35.7 Å². The Hall–Kier alpha value is -4.03. The van der Waals surface area contributed by atoms with Crippen LogP contribution in [0.5, 0.6) is 0 Å². The van der Waals surface area contributed by atoms with E-state index in [1.165, 1.54) is 4.57 Å². The number of imidazole rings is 1. The molecule has 0 saturated carbocycles. The standard InChI is InChI=1S/C23H28N10O2/c1-30(2)13-14-32-18-5-3-4-6-19(18)33(23(32)35)22-27-20(28-29-22)21(34)26-16-15-25-8-7-17(16)31-11-9-24-10-12-31/h3-8,15,24H,9-14H2,1-2H3,(H,26,34)(H,27,28,29). The maximum atomic E-state index is 13.3. The number of pyridine rings is 1. The molecular weight excluding hydrogens is 448 g/mol. The van der Waals surface area contributed by atoms with E-state index >= 15 is 0 Å². The number of carbonyl (C=O) groups excluding carboxylic acids is 1. The molecule has 35 heavy (non-hydrogen) atoms. The molecule has 0 bridgehead atoms. The van der Waals surface area contributed by atoms with E-state index in [0.717, 1.165) is 37.4 Å². The lowest BCUT2D eigenvalue weighted by Crippen LogP contribution is -2.43. The van der Waals surface area contributed by atoms with Crippen molar-refractivity contribution in [2.45, 2.75) is 6.54 Å². The fourth-order valence-corrected chi connectivity index (χ4v) is 4.22. The number of hydrogen-bond donors (Lipinski definition) is 3. The zero-order valence-corrected chi connectivity index (χ0v) is 19.7. The molecule has 4 aromatic rings. The largest absolute Gasteiger partial charge is 0.367 e. The van der Waals surface area contributed by atoms with Gasteiger partial charge in [-0.1, -0.05) is 12.1 Å². The van der Waals surface area contributed by atoms with Gasteiger partial charge in [0.1, 0.15) is 0 Å². The Morgan fingerprint density at radius 3 is 2.69 bits per heavy atom. The first-order valence-corrected chi connectivity index (χ1v) is 11.5. The lowest BCUT2D eigenvalue weighted by molar-refractivity contribution is 0.101. The van der Waals surface area contributed by atoms with Crippen molar-refractivity contribution < 1.29 is 4.79 Å². The van der Waals surface area contributed by atoms with Crippen LogP contribution in [0.15, 0.2) is 47.5 Å². The minimum Gasteiger partial charge on any atom is -0.367 e. The number of piperazine rings is 1. The number of rotatable bonds is 7. The molecule has 182 valence electrons. The molecule has 3 aromatic heterocycles. The second-order valence-corrected chi connectivity index (χ2v) is 8.63. The normalized spacial score (nSPS) is 14.1. The third-order valence-electron chi connectivity index (χ3n) is 6.00. The lowest BCUT2D eigenvalue weighted by atomic mass is 10.2. The van der Waals surface area contributed by atoms with Gasteiger partial charge in [-0.3, -0.25) is 19.4 Å². The van der Waals surface area contributed by atoms with Crippen LogP contribution >= 0.6 is 0 Å². The molecule has 3 N–H and O–H groups in total. The molecule has 5 rings (SSSR count). The first-order valence-electron chi connectivity index (χ1n) is 11.5. The number of benzene rings is 1. The number of carbonyl (C=O) groups is 1. The highest BCUT2D eigenvalue weighted by molar-refractivity contribution is 6.03. The summed E-state index contributed by atoms with van der Waals surface area (Å²) in [5.74, 6) is -0.335. The quantitative estimate of drug-likeness (QED) is 0.352. The fraction of sp³-hybridized carbons (Fsp3) is 0.348. The summed E-state index contributed by atoms with van der Waals surface area (Å²) in [5, 5.41) is 13.1. The second-order valence-electron chi connectivity index (χ2n) is 8.63. The molecule has 0 aliphatic carbocycles. The Balaban J connectivity index is 1.43. The number of para-hydroxylation sites is 2. The Kier molecular flexibility index (Phi) is 6.29. The van der Waals surface area contributed by atoms with E-state index in [-0.39, 0.29) is 17.5 Å². The highest BCUT2D eigenvalue weighted by Gasteiger charge is 2.21. The van der Waals surface area contributed by atoms with Gasteiger partial charge in [-0.15, -0.1) is 5.10 Å². The minimum atomic E-state index is -0.461. The van der Waals surface area contributed by atoms with E-state index in [1.807, 2.05) is 49.3 Å². The average molecular weight is 477 g/mol. The minimum absolute atomic E-state index is 0.00661. The number of aromatic amines is 1. The number of fused-ring (bicyclic) bond motifs is 1. The van der Waals surface area contributed by atoms with Crippen molar-refractivity contribution in [3.05, 3.63) is 59.0 Å². The van der Waals surface area contributed by atoms with E-state index in [4.69, 9.17) is 0 Å². The molecule has 1 aromatic carbocycles. The third-order valence-corrected chi connectivity index (χ3v) is 6.00. The summed E-state index contributed by atoms with van der Waals surface area (Å²) >= 11 is 0. The van der Waals surface area contributed by atoms with Gasteiger partial charge in [-0.05, 0) is 32.3 Å². The Bertz CT molecular complexity index is 1400. The van der Waals surface area contributed by atoms with Gasteiger partial charge in [-0.2, -0.15) is 4.98 Å². The van der Waals surface area contributed by atoms with Crippen LogP contribution in [0.25, 0.3) is 17.0 Å². The number of amides is 1. The van der Waals surface area contributed by atoms with Crippen molar-refractivity contribution in [2.75, 3.05) is 57.0 Å². The molecule has 12 heteroatoms. The zero-order chi connectivity index (χ0) is 24.4. The first kappa shape index (κ1) is 22.7. The van der Waals surface area contributed by atoms with Crippen LogP contribution in [0.1, 0.15) is 10.6 Å². The van der Waals surface area contributed by atoms with Crippen LogP contribution in [-0.4, -0.2) is 86.9 Å². The third kappa shape index (κ3) is 4.53. The molecule has 1 saturated heterocycles. The van der Waals surface area contributed by atoms with Crippen molar-refractivity contribution in [1.82, 2.24) is 39.5 Å². The van der Waals surface area contributed by atoms with Crippen LogP contribution in [0, 0.1) is 0 Å². The molecule has 0 atom stereocenters. The van der Waals surface area contributed by atoms with Crippen molar-refractivity contribution in [1.29, 1.82) is 0 Å². The summed E-state index contributed by atoms with van der Waals surface area (Å²) in [6.45, 7) is 4.64. The number of anilines is 2. The number of nitrogens with zero attached hydrogens (tertiary/aromatic N) is 7. The second kappa shape index (κ2) is 9.68. The summed E-state index contributed by atoms with van der Waals surface area (Å²) < 4.78 is 3.12. The molecule has 4 heterocycles. The maximum absolute atomic E-state index is 13.3. The van der Waals surface area contributed by atoms with E-state index in [9.17, 15) is 9.59 Å². The predicted molar refractivity (Wildman–Crippen MR) is 133 cm³/mol. The van der Waals surface area contributed by atoms with Crippen LogP contribution in [0.4, 0.5) is 11.4 Å². The highest BCUT2D eigenvalue weighted by Crippen LogP contribution is 2.25. The molecule has 1 amide bonds. The van der Waals surface area contributed by atoms with Crippen molar-refractivity contribution in [3.63, 3.8) is 0 Å². The molecular formula is C23H28N10O2. The van der Waals surface area contributed by atoms with Crippen LogP contribution in [0.3, 0.4) is 0 Å². The van der Waals surface area contributed by atoms with Gasteiger partial charge in [0, 0.05) is 45.5 Å². The number of nitrogens with one attached hydrogen (secondary N) is 3. The van der Waals surface area contributed by atoms with Crippen molar-refractivity contribution >= 4 is 28.3 Å². The fourth-order valence-electron chi connectivity index (χ4n) is 4.22. The van der Waals surface area contributed by atoms with E-state index in [1.54, 1.807) is 17.0 Å². The summed E-state index contributed by atoms with van der Waals surface area (Å²) in [6.07, 6.45) is 3.33. The van der Waals surface area contributed by atoms with Crippen molar-refractivity contribution in [3.8, 4) is 5.95 Å². The molecule has 1 aliphatic heterocycles. The van der Waals surface area contributed by atoms with E-state index < -0.39 is 5.91 Å². The maximum Gasteiger partial charge on any atom is 0.336 e. The van der Waals surface area contributed by atoms with Crippen LogP contribution < -0.4 is 21.2 Å². The molecule has 1 aliphatic rings. The molecule has 1 fully saturated rings. The molecule has 12 nitrogen and oxygen atoms in total. The van der Waals surface area contributed by atoms with Gasteiger partial charge >= 0.3 is 5.69 Å². The van der Waals surface area contributed by atoms with Gasteiger partial charge in [0.15, 0.2) is 0 Å². The molecule has 0 spiro atoms. The summed E-state index contributed by atoms with van der Waals surface area (Å²) in [4.78, 5) is 39.0. The first-order chi connectivity index (χ1) is 17.0. The van der Waals surface area contributed by atoms with E-state index in [0.29, 0.717) is 24.3 Å². The van der Waals surface area contributed by atoms with Crippen LogP contribution in [-0.2, 0) is 6.54 Å². The number of likely N-dealkylation sites (N-methyl/N-ethyl adjacent to an activating group) is 1. The highest BCUT2D eigenvalue weighted by atomic mass is 16.2. The monoisotopic (exact) mass is 476 g/mol. The van der Waals surface area contributed by atoms with Gasteiger partial charge in [0.05, 0.1) is 28.6 Å². The summed E-state index contributed by atoms with van der Waals surface area (Å²) in [6, 6.07) is 9.36.